The standard InChI is InChI=1S/C24H25ClN4O5S2/c25-17-2-4-19-15(8-17)5-6-33-23(19)16-9-21(35-12-16)22(30)20-10-27-13-28-24(20)29-18-3-1-14(7-18)11-34-36(26,31)32/h2,4,8-10,12-14,18,23H,1,3,5-7,11H2,(H2,26,31,32)(H,27,28,29)/t14-,18+,23?/m1/s1. The van der Waals surface area contributed by atoms with Crippen molar-refractivity contribution in [2.45, 2.75) is 37.8 Å². The molecule has 0 radical (unpaired) electrons. The number of rotatable bonds is 8. The number of halogens is 1. The Balaban J connectivity index is 1.30. The predicted molar refractivity (Wildman–Crippen MR) is 137 cm³/mol. The first-order valence-corrected chi connectivity index (χ1v) is 14.3. The molecule has 0 amide bonds. The Morgan fingerprint density at radius 3 is 3.00 bits per heavy atom. The third-order valence-electron chi connectivity index (χ3n) is 6.50. The largest absolute Gasteiger partial charge is 0.368 e. The normalized spacial score (nSPS) is 21.8. The van der Waals surface area contributed by atoms with Crippen LogP contribution in [0.25, 0.3) is 0 Å². The van der Waals surface area contributed by atoms with Crippen LogP contribution in [0.1, 0.15) is 57.3 Å². The molecule has 2 aromatic heterocycles. The van der Waals surface area contributed by atoms with E-state index in [-0.39, 0.29) is 30.5 Å². The summed E-state index contributed by atoms with van der Waals surface area (Å²) in [5, 5.41) is 10.9. The third-order valence-corrected chi connectivity index (χ3v) is 8.14. The summed E-state index contributed by atoms with van der Waals surface area (Å²) in [7, 11) is -3.96. The van der Waals surface area contributed by atoms with E-state index in [1.807, 2.05) is 29.6 Å². The number of fused-ring (bicyclic) bond motifs is 1. The SMILES string of the molecule is NS(=O)(=O)OC[C@@H]1CC[C@H](Nc2ncncc2C(=O)c2cc(C3OCCc4cc(Cl)ccc43)cs2)C1. The van der Waals surface area contributed by atoms with Crippen molar-refractivity contribution in [2.75, 3.05) is 18.5 Å². The smallest absolute Gasteiger partial charge is 0.333 e. The second kappa shape index (κ2) is 10.5. The van der Waals surface area contributed by atoms with Crippen molar-refractivity contribution in [3.05, 3.63) is 74.3 Å². The fraction of sp³-hybridized carbons (Fsp3) is 0.375. The van der Waals surface area contributed by atoms with Crippen molar-refractivity contribution in [3.8, 4) is 0 Å². The Bertz CT molecular complexity index is 1380. The highest BCUT2D eigenvalue weighted by Crippen LogP contribution is 2.37. The van der Waals surface area contributed by atoms with E-state index in [0.717, 1.165) is 36.0 Å². The Labute approximate surface area is 218 Å². The molecule has 3 N–H and O–H groups in total. The Hall–Kier alpha value is -2.41. The zero-order valence-corrected chi connectivity index (χ0v) is 21.6. The highest BCUT2D eigenvalue weighted by Gasteiger charge is 2.29. The maximum atomic E-state index is 13.4. The first-order valence-electron chi connectivity index (χ1n) is 11.5. The van der Waals surface area contributed by atoms with Gasteiger partial charge in [0, 0.05) is 17.3 Å². The highest BCUT2D eigenvalue weighted by molar-refractivity contribution is 7.84. The lowest BCUT2D eigenvalue weighted by molar-refractivity contribution is 0.0701. The number of aromatic nitrogens is 2. The van der Waals surface area contributed by atoms with Gasteiger partial charge in [-0.3, -0.25) is 8.98 Å². The molecule has 5 rings (SSSR count). The summed E-state index contributed by atoms with van der Waals surface area (Å²) in [5.41, 5.74) is 3.53. The molecule has 1 aromatic carbocycles. The maximum Gasteiger partial charge on any atom is 0.333 e. The van der Waals surface area contributed by atoms with Crippen molar-refractivity contribution in [3.63, 3.8) is 0 Å². The van der Waals surface area contributed by atoms with E-state index in [0.29, 0.717) is 34.3 Å². The number of thiophene rings is 1. The summed E-state index contributed by atoms with van der Waals surface area (Å²) in [4.78, 5) is 22.4. The number of anilines is 1. The van der Waals surface area contributed by atoms with Crippen molar-refractivity contribution < 1.29 is 22.1 Å². The highest BCUT2D eigenvalue weighted by atomic mass is 35.5. The van der Waals surface area contributed by atoms with Gasteiger partial charge in [-0.2, -0.15) is 8.42 Å². The number of hydrogen-bond acceptors (Lipinski definition) is 9. The molecule has 1 unspecified atom stereocenters. The maximum absolute atomic E-state index is 13.4. The second-order valence-corrected chi connectivity index (χ2v) is 11.6. The van der Waals surface area contributed by atoms with Crippen LogP contribution >= 0.6 is 22.9 Å². The molecule has 12 heteroatoms. The van der Waals surface area contributed by atoms with Gasteiger partial charge in [-0.05, 0) is 71.9 Å². The summed E-state index contributed by atoms with van der Waals surface area (Å²) in [6.07, 6.45) is 5.72. The topological polar surface area (TPSA) is 134 Å². The van der Waals surface area contributed by atoms with Gasteiger partial charge in [0.2, 0.25) is 5.78 Å². The first kappa shape index (κ1) is 25.2. The van der Waals surface area contributed by atoms with Gasteiger partial charge in [0.25, 0.3) is 0 Å². The van der Waals surface area contributed by atoms with Gasteiger partial charge in [-0.25, -0.2) is 15.1 Å². The van der Waals surface area contributed by atoms with Gasteiger partial charge in [0.1, 0.15) is 18.2 Å². The van der Waals surface area contributed by atoms with Crippen LogP contribution in [0.3, 0.4) is 0 Å². The summed E-state index contributed by atoms with van der Waals surface area (Å²) >= 11 is 7.52. The van der Waals surface area contributed by atoms with Gasteiger partial charge >= 0.3 is 10.3 Å². The molecule has 3 heterocycles. The number of nitrogens with one attached hydrogen (secondary N) is 1. The van der Waals surface area contributed by atoms with Crippen molar-refractivity contribution in [1.29, 1.82) is 0 Å². The molecule has 190 valence electrons. The summed E-state index contributed by atoms with van der Waals surface area (Å²) in [6, 6.07) is 7.70. The van der Waals surface area contributed by atoms with Crippen molar-refractivity contribution in [2.24, 2.45) is 11.1 Å². The van der Waals surface area contributed by atoms with E-state index in [9.17, 15) is 13.2 Å². The van der Waals surface area contributed by atoms with Gasteiger partial charge < -0.3 is 10.1 Å². The van der Waals surface area contributed by atoms with Crippen LogP contribution in [-0.4, -0.2) is 43.4 Å². The lowest BCUT2D eigenvalue weighted by Gasteiger charge is -2.25. The monoisotopic (exact) mass is 548 g/mol. The summed E-state index contributed by atoms with van der Waals surface area (Å²) in [6.45, 7) is 0.630. The molecule has 36 heavy (non-hydrogen) atoms. The minimum atomic E-state index is -3.96. The minimum Gasteiger partial charge on any atom is -0.368 e. The molecule has 1 fully saturated rings. The molecule has 0 bridgehead atoms. The molecule has 0 saturated heterocycles. The predicted octanol–water partition coefficient (Wildman–Crippen LogP) is 3.89. The summed E-state index contributed by atoms with van der Waals surface area (Å²) < 4.78 is 32.9. The van der Waals surface area contributed by atoms with E-state index >= 15 is 0 Å². The zero-order chi connectivity index (χ0) is 25.3. The van der Waals surface area contributed by atoms with Gasteiger partial charge in [0.15, 0.2) is 0 Å². The average Bonchev–Trinajstić information content (AvgIpc) is 3.52. The van der Waals surface area contributed by atoms with E-state index in [4.69, 9.17) is 25.7 Å². The van der Waals surface area contributed by atoms with Crippen LogP contribution in [0.4, 0.5) is 5.82 Å². The van der Waals surface area contributed by atoms with E-state index in [2.05, 4.69) is 15.3 Å². The number of nitrogens with two attached hydrogens (primary N) is 1. The molecule has 1 aliphatic carbocycles. The molecule has 1 aliphatic heterocycles. The summed E-state index contributed by atoms with van der Waals surface area (Å²) in [5.74, 6) is 0.334. The number of carbonyl (C=O) groups is 1. The molecule has 3 atom stereocenters. The number of hydrogen-bond donors (Lipinski definition) is 2. The van der Waals surface area contributed by atoms with Crippen LogP contribution in [0, 0.1) is 5.92 Å². The Kier molecular flexibility index (Phi) is 7.38. The Morgan fingerprint density at radius 1 is 1.31 bits per heavy atom. The molecule has 9 nitrogen and oxygen atoms in total. The molecule has 0 spiro atoms. The fourth-order valence-corrected chi connectivity index (χ4v) is 6.24. The first-order chi connectivity index (χ1) is 17.3. The Morgan fingerprint density at radius 2 is 2.17 bits per heavy atom. The number of benzene rings is 1. The van der Waals surface area contributed by atoms with Crippen LogP contribution in [0.15, 0.2) is 42.2 Å². The molecule has 3 aromatic rings. The van der Waals surface area contributed by atoms with Crippen molar-refractivity contribution >= 4 is 44.8 Å². The van der Waals surface area contributed by atoms with Crippen LogP contribution in [0.5, 0.6) is 0 Å². The third kappa shape index (κ3) is 5.77. The van der Waals surface area contributed by atoms with Crippen LogP contribution < -0.4 is 10.5 Å². The number of nitrogens with zero attached hydrogens (tertiary/aromatic N) is 2. The van der Waals surface area contributed by atoms with E-state index in [1.165, 1.54) is 23.9 Å². The number of carbonyl (C=O) groups excluding carboxylic acids is 1. The van der Waals surface area contributed by atoms with Gasteiger partial charge in [-0.15, -0.1) is 11.3 Å². The van der Waals surface area contributed by atoms with Crippen molar-refractivity contribution in [1.82, 2.24) is 9.97 Å². The van der Waals surface area contributed by atoms with Crippen LogP contribution in [0.2, 0.25) is 5.02 Å². The quantitative estimate of drug-likeness (QED) is 0.405. The van der Waals surface area contributed by atoms with Gasteiger partial charge in [-0.1, -0.05) is 17.7 Å². The minimum absolute atomic E-state index is 0.0263. The van der Waals surface area contributed by atoms with Crippen LogP contribution in [-0.2, 0) is 25.6 Å². The number of ketones is 1. The lowest BCUT2D eigenvalue weighted by atomic mass is 9.94. The van der Waals surface area contributed by atoms with Gasteiger partial charge in [0.05, 0.1) is 23.7 Å². The number of ether oxygens (including phenoxy) is 1. The fourth-order valence-electron chi connectivity index (χ4n) is 4.79. The lowest BCUT2D eigenvalue weighted by Crippen LogP contribution is -2.22. The molecular formula is C24H25ClN4O5S2. The van der Waals surface area contributed by atoms with E-state index < -0.39 is 10.3 Å². The van der Waals surface area contributed by atoms with E-state index in [1.54, 1.807) is 0 Å². The zero-order valence-electron chi connectivity index (χ0n) is 19.2. The molecule has 2 aliphatic rings. The molecular weight excluding hydrogens is 524 g/mol. The average molecular weight is 549 g/mol. The molecule has 1 saturated carbocycles. The second-order valence-electron chi connectivity index (χ2n) is 9.00.